The Morgan fingerprint density at radius 2 is 1.48 bits per heavy atom. The summed E-state index contributed by atoms with van der Waals surface area (Å²) < 4.78 is 0. The molecule has 3 N–H and O–H groups in total. The molecule has 0 spiro atoms. The maximum atomic E-state index is 11.6. The van der Waals surface area contributed by atoms with E-state index in [-0.39, 0.29) is 6.61 Å². The van der Waals surface area contributed by atoms with Crippen LogP contribution in [-0.2, 0) is 11.4 Å². The van der Waals surface area contributed by atoms with Gasteiger partial charge in [-0.1, -0.05) is 48.5 Å². The Hall–Kier alpha value is -2.86. The highest BCUT2D eigenvalue weighted by atomic mass is 16.7. The molecule has 2 aromatic carbocycles. The number of hydrogen-bond donors (Lipinski definition) is 3. The summed E-state index contributed by atoms with van der Waals surface area (Å²) in [4.78, 5) is 28.1. The van der Waals surface area contributed by atoms with Crippen LogP contribution in [0.3, 0.4) is 0 Å². The van der Waals surface area contributed by atoms with Gasteiger partial charge in [0.2, 0.25) is 0 Å². The Balaban J connectivity index is 1.67. The normalized spacial score (nSPS) is 9.71. The lowest BCUT2D eigenvalue weighted by atomic mass is 10.2. The van der Waals surface area contributed by atoms with Gasteiger partial charge in [0.05, 0.1) is 6.61 Å². The fourth-order valence-electron chi connectivity index (χ4n) is 1.56. The monoisotopic (exact) mass is 285 g/mol. The molecule has 0 aliphatic rings. The average molecular weight is 285 g/mol. The Morgan fingerprint density at radius 3 is 2.14 bits per heavy atom. The van der Waals surface area contributed by atoms with Gasteiger partial charge in [-0.25, -0.2) is 15.7 Å². The van der Waals surface area contributed by atoms with Crippen molar-refractivity contribution < 1.29 is 14.4 Å². The van der Waals surface area contributed by atoms with Gasteiger partial charge in [-0.2, -0.15) is 0 Å². The van der Waals surface area contributed by atoms with Crippen molar-refractivity contribution in [3.05, 3.63) is 71.8 Å². The third kappa shape index (κ3) is 4.96. The molecule has 0 heterocycles. The zero-order valence-corrected chi connectivity index (χ0v) is 11.2. The highest BCUT2D eigenvalue weighted by molar-refractivity contribution is 5.95. The Bertz CT molecular complexity index is 588. The van der Waals surface area contributed by atoms with E-state index in [1.807, 2.05) is 30.3 Å². The summed E-state index contributed by atoms with van der Waals surface area (Å²) >= 11 is 0. The van der Waals surface area contributed by atoms with Crippen LogP contribution >= 0.6 is 0 Å². The Labute approximate surface area is 122 Å². The molecule has 0 aliphatic heterocycles. The molecular weight excluding hydrogens is 270 g/mol. The molecule has 6 heteroatoms. The minimum absolute atomic E-state index is 0.237. The molecule has 108 valence electrons. The van der Waals surface area contributed by atoms with Gasteiger partial charge in [0.1, 0.15) is 0 Å². The molecule has 21 heavy (non-hydrogen) atoms. The van der Waals surface area contributed by atoms with Crippen LogP contribution in [0.5, 0.6) is 0 Å². The van der Waals surface area contributed by atoms with Crippen LogP contribution < -0.4 is 16.3 Å². The van der Waals surface area contributed by atoms with Gasteiger partial charge in [0, 0.05) is 5.56 Å². The molecule has 2 aromatic rings. The third-order valence-electron chi connectivity index (χ3n) is 2.57. The predicted molar refractivity (Wildman–Crippen MR) is 76.8 cm³/mol. The number of amides is 3. The summed E-state index contributed by atoms with van der Waals surface area (Å²) in [5, 5.41) is 0. The fraction of sp³-hybridized carbons (Fsp3) is 0.0667. The van der Waals surface area contributed by atoms with Crippen LogP contribution in [0, 0.1) is 0 Å². The van der Waals surface area contributed by atoms with E-state index in [2.05, 4.69) is 16.3 Å². The molecule has 0 aliphatic carbocycles. The first-order chi connectivity index (χ1) is 10.3. The van der Waals surface area contributed by atoms with Crippen molar-refractivity contribution in [3.8, 4) is 0 Å². The van der Waals surface area contributed by atoms with E-state index in [9.17, 15) is 9.59 Å². The number of hydrazine groups is 1. The number of urea groups is 1. The van der Waals surface area contributed by atoms with E-state index in [4.69, 9.17) is 4.84 Å². The van der Waals surface area contributed by atoms with Gasteiger partial charge in [0.15, 0.2) is 0 Å². The van der Waals surface area contributed by atoms with Crippen molar-refractivity contribution in [1.82, 2.24) is 16.3 Å². The second-order valence-corrected chi connectivity index (χ2v) is 4.15. The number of nitrogens with one attached hydrogen (secondary N) is 3. The van der Waals surface area contributed by atoms with Crippen LogP contribution in [0.25, 0.3) is 0 Å². The lowest BCUT2D eigenvalue weighted by Crippen LogP contribution is -2.46. The SMILES string of the molecule is O=C(NNC(=O)c1ccccc1)NOCc1ccccc1. The van der Waals surface area contributed by atoms with Crippen molar-refractivity contribution in [2.75, 3.05) is 0 Å². The molecule has 0 bridgehead atoms. The molecule has 0 radical (unpaired) electrons. The Morgan fingerprint density at radius 1 is 0.857 bits per heavy atom. The minimum Gasteiger partial charge on any atom is -0.267 e. The van der Waals surface area contributed by atoms with E-state index < -0.39 is 11.9 Å². The largest absolute Gasteiger partial charge is 0.357 e. The molecule has 0 saturated carbocycles. The highest BCUT2D eigenvalue weighted by Crippen LogP contribution is 1.99. The fourth-order valence-corrected chi connectivity index (χ4v) is 1.56. The van der Waals surface area contributed by atoms with E-state index >= 15 is 0 Å². The van der Waals surface area contributed by atoms with Crippen molar-refractivity contribution in [2.24, 2.45) is 0 Å². The third-order valence-corrected chi connectivity index (χ3v) is 2.57. The summed E-state index contributed by atoms with van der Waals surface area (Å²) in [6, 6.07) is 17.3. The molecule has 0 saturated heterocycles. The van der Waals surface area contributed by atoms with Crippen molar-refractivity contribution in [2.45, 2.75) is 6.61 Å². The minimum atomic E-state index is -0.657. The predicted octanol–water partition coefficient (Wildman–Crippen LogP) is 1.76. The lowest BCUT2D eigenvalue weighted by molar-refractivity contribution is 0.0474. The molecule has 0 atom stereocenters. The van der Waals surface area contributed by atoms with Crippen LogP contribution in [-0.4, -0.2) is 11.9 Å². The van der Waals surface area contributed by atoms with Gasteiger partial charge in [-0.3, -0.25) is 15.1 Å². The second kappa shape index (κ2) is 7.66. The van der Waals surface area contributed by atoms with Crippen LogP contribution in [0.1, 0.15) is 15.9 Å². The number of benzene rings is 2. The maximum absolute atomic E-state index is 11.6. The standard InChI is InChI=1S/C15H15N3O3/c19-14(13-9-5-2-6-10-13)16-17-15(20)18-21-11-12-7-3-1-4-8-12/h1-10H,11H2,(H,16,19)(H2,17,18,20). The molecule has 3 amide bonds. The van der Waals surface area contributed by atoms with Crippen LogP contribution in [0.15, 0.2) is 60.7 Å². The number of rotatable bonds is 4. The number of carbonyl (C=O) groups is 2. The first-order valence-electron chi connectivity index (χ1n) is 6.33. The van der Waals surface area contributed by atoms with Crippen LogP contribution in [0.4, 0.5) is 4.79 Å². The number of hydrogen-bond acceptors (Lipinski definition) is 3. The zero-order chi connectivity index (χ0) is 14.9. The molecule has 0 aromatic heterocycles. The van der Waals surface area contributed by atoms with Crippen molar-refractivity contribution in [3.63, 3.8) is 0 Å². The number of carbonyl (C=O) groups excluding carboxylic acids is 2. The molecule has 6 nitrogen and oxygen atoms in total. The quantitative estimate of drug-likeness (QED) is 0.749. The lowest BCUT2D eigenvalue weighted by Gasteiger charge is -2.09. The molecular formula is C15H15N3O3. The zero-order valence-electron chi connectivity index (χ0n) is 11.2. The topological polar surface area (TPSA) is 79.5 Å². The highest BCUT2D eigenvalue weighted by Gasteiger charge is 2.06. The van der Waals surface area contributed by atoms with Gasteiger partial charge >= 0.3 is 6.03 Å². The summed E-state index contributed by atoms with van der Waals surface area (Å²) in [6.07, 6.45) is 0. The van der Waals surface area contributed by atoms with Gasteiger partial charge in [-0.05, 0) is 17.7 Å². The molecule has 0 fully saturated rings. The summed E-state index contributed by atoms with van der Waals surface area (Å²) in [7, 11) is 0. The van der Waals surface area contributed by atoms with Gasteiger partial charge in [0.25, 0.3) is 5.91 Å². The molecule has 2 rings (SSSR count). The maximum Gasteiger partial charge on any atom is 0.357 e. The summed E-state index contributed by atoms with van der Waals surface area (Å²) in [5.74, 6) is -0.409. The second-order valence-electron chi connectivity index (χ2n) is 4.15. The van der Waals surface area contributed by atoms with E-state index in [1.165, 1.54) is 0 Å². The molecule has 0 unspecified atom stereocenters. The summed E-state index contributed by atoms with van der Waals surface area (Å²) in [5.41, 5.74) is 8.00. The number of hydroxylamine groups is 1. The van der Waals surface area contributed by atoms with Crippen LogP contribution in [0.2, 0.25) is 0 Å². The smallest absolute Gasteiger partial charge is 0.267 e. The van der Waals surface area contributed by atoms with Crippen molar-refractivity contribution >= 4 is 11.9 Å². The first-order valence-corrected chi connectivity index (χ1v) is 6.33. The average Bonchev–Trinajstić information content (AvgIpc) is 2.54. The Kier molecular flexibility index (Phi) is 5.31. The van der Waals surface area contributed by atoms with Gasteiger partial charge < -0.3 is 0 Å². The van der Waals surface area contributed by atoms with E-state index in [0.29, 0.717) is 5.56 Å². The summed E-state index contributed by atoms with van der Waals surface area (Å²) in [6.45, 7) is 0.237. The van der Waals surface area contributed by atoms with Gasteiger partial charge in [-0.15, -0.1) is 0 Å². The first kappa shape index (κ1) is 14.5. The van der Waals surface area contributed by atoms with Crippen molar-refractivity contribution in [1.29, 1.82) is 0 Å². The van der Waals surface area contributed by atoms with E-state index in [0.717, 1.165) is 5.56 Å². The van der Waals surface area contributed by atoms with E-state index in [1.54, 1.807) is 30.3 Å².